The Bertz CT molecular complexity index is 102. The van der Waals surface area contributed by atoms with Crippen LogP contribution in [0.4, 0.5) is 0 Å². The molecule has 0 atom stereocenters. The molecule has 0 aromatic heterocycles. The predicted molar refractivity (Wildman–Crippen MR) is 44.5 cm³/mol. The maximum Gasteiger partial charge on any atom is 0.145 e. The molecule has 0 aliphatic rings. The number of carbonyl (C=O) groups is 1. The van der Waals surface area contributed by atoms with E-state index in [2.05, 4.69) is 15.9 Å². The molecule has 0 fully saturated rings. The Hall–Kier alpha value is 0.110. The molecule has 2 nitrogen and oxygen atoms in total. The van der Waals surface area contributed by atoms with Crippen molar-refractivity contribution in [1.82, 2.24) is 0 Å². The summed E-state index contributed by atoms with van der Waals surface area (Å²) in [4.78, 5) is 10.7. The van der Waals surface area contributed by atoms with Crippen molar-refractivity contribution < 1.29 is 9.53 Å². The molecule has 0 aromatic carbocycles. The second kappa shape index (κ2) is 5.86. The molecule has 10 heavy (non-hydrogen) atoms. The van der Waals surface area contributed by atoms with Crippen LogP contribution < -0.4 is 0 Å². The van der Waals surface area contributed by atoms with E-state index in [4.69, 9.17) is 4.74 Å². The number of halogens is 1. The van der Waals surface area contributed by atoms with Crippen LogP contribution in [0.1, 0.15) is 20.3 Å². The van der Waals surface area contributed by atoms with E-state index in [1.54, 1.807) is 0 Å². The zero-order valence-electron chi connectivity index (χ0n) is 6.39. The summed E-state index contributed by atoms with van der Waals surface area (Å²) in [5.41, 5.74) is 0. The van der Waals surface area contributed by atoms with Crippen LogP contribution in [0.15, 0.2) is 0 Å². The van der Waals surface area contributed by atoms with Crippen LogP contribution >= 0.6 is 15.9 Å². The monoisotopic (exact) mass is 208 g/mol. The molecule has 0 bridgehead atoms. The van der Waals surface area contributed by atoms with Crippen molar-refractivity contribution in [3.8, 4) is 0 Å². The number of carbonyl (C=O) groups excluding carboxylic acids is 1. The minimum Gasteiger partial charge on any atom is -0.378 e. The standard InChI is InChI=1S/C7H13BrO2/c1-6(2)10-4-3-7(9)5-8/h6H,3-5H2,1-2H3. The quantitative estimate of drug-likeness (QED) is 0.645. The topological polar surface area (TPSA) is 26.3 Å². The Morgan fingerprint density at radius 2 is 2.20 bits per heavy atom. The van der Waals surface area contributed by atoms with Crippen LogP contribution in [-0.2, 0) is 9.53 Å². The van der Waals surface area contributed by atoms with E-state index in [1.807, 2.05) is 13.8 Å². The molecule has 0 radical (unpaired) electrons. The molecule has 0 aliphatic heterocycles. The van der Waals surface area contributed by atoms with E-state index in [0.29, 0.717) is 18.4 Å². The van der Waals surface area contributed by atoms with Crippen molar-refractivity contribution in [2.24, 2.45) is 0 Å². The van der Waals surface area contributed by atoms with Gasteiger partial charge in [-0.25, -0.2) is 0 Å². The van der Waals surface area contributed by atoms with Crippen molar-refractivity contribution in [1.29, 1.82) is 0 Å². The Morgan fingerprint density at radius 1 is 1.60 bits per heavy atom. The molecule has 0 saturated carbocycles. The van der Waals surface area contributed by atoms with Crippen LogP contribution in [-0.4, -0.2) is 23.8 Å². The van der Waals surface area contributed by atoms with Crippen LogP contribution in [0.25, 0.3) is 0 Å². The molecule has 0 aliphatic carbocycles. The second-order valence-corrected chi connectivity index (χ2v) is 2.90. The van der Waals surface area contributed by atoms with Gasteiger partial charge in [-0.2, -0.15) is 0 Å². The normalized spacial score (nSPS) is 10.4. The van der Waals surface area contributed by atoms with E-state index >= 15 is 0 Å². The summed E-state index contributed by atoms with van der Waals surface area (Å²) in [6.07, 6.45) is 0.742. The maximum atomic E-state index is 10.7. The van der Waals surface area contributed by atoms with Crippen molar-refractivity contribution in [3.63, 3.8) is 0 Å². The van der Waals surface area contributed by atoms with Gasteiger partial charge >= 0.3 is 0 Å². The minimum absolute atomic E-state index is 0.195. The smallest absolute Gasteiger partial charge is 0.145 e. The largest absolute Gasteiger partial charge is 0.378 e. The lowest BCUT2D eigenvalue weighted by atomic mass is 10.3. The highest BCUT2D eigenvalue weighted by Crippen LogP contribution is 1.93. The van der Waals surface area contributed by atoms with Gasteiger partial charge < -0.3 is 4.74 Å². The molecule has 0 aromatic rings. The molecular formula is C7H13BrO2. The van der Waals surface area contributed by atoms with Gasteiger partial charge in [0.05, 0.1) is 18.0 Å². The van der Waals surface area contributed by atoms with Gasteiger partial charge in [-0.15, -0.1) is 0 Å². The third-order valence-electron chi connectivity index (χ3n) is 0.981. The molecule has 0 N–H and O–H groups in total. The van der Waals surface area contributed by atoms with Gasteiger partial charge in [0.2, 0.25) is 0 Å². The van der Waals surface area contributed by atoms with E-state index < -0.39 is 0 Å². The van der Waals surface area contributed by atoms with Gasteiger partial charge in [0, 0.05) is 6.42 Å². The first kappa shape index (κ1) is 10.1. The van der Waals surface area contributed by atoms with E-state index in [-0.39, 0.29) is 11.9 Å². The number of hydrogen-bond acceptors (Lipinski definition) is 2. The Kier molecular flexibility index (Phi) is 5.93. The lowest BCUT2D eigenvalue weighted by molar-refractivity contribution is -0.117. The number of alkyl halides is 1. The molecule has 0 spiro atoms. The first-order valence-electron chi connectivity index (χ1n) is 3.36. The van der Waals surface area contributed by atoms with Crippen LogP contribution in [0.3, 0.4) is 0 Å². The Morgan fingerprint density at radius 3 is 2.60 bits per heavy atom. The summed E-state index contributed by atoms with van der Waals surface area (Å²) in [5, 5.41) is 0.439. The molecule has 0 heterocycles. The summed E-state index contributed by atoms with van der Waals surface area (Å²) >= 11 is 3.08. The first-order valence-corrected chi connectivity index (χ1v) is 4.48. The van der Waals surface area contributed by atoms with E-state index in [0.717, 1.165) is 0 Å². The SMILES string of the molecule is CC(C)OCCC(=O)CBr. The Labute approximate surface area is 70.1 Å². The van der Waals surface area contributed by atoms with Crippen LogP contribution in [0.5, 0.6) is 0 Å². The van der Waals surface area contributed by atoms with Gasteiger partial charge in [-0.3, -0.25) is 4.79 Å². The highest BCUT2D eigenvalue weighted by atomic mass is 79.9. The Balaban J connectivity index is 3.12. The zero-order chi connectivity index (χ0) is 7.98. The predicted octanol–water partition coefficient (Wildman–Crippen LogP) is 1.77. The molecule has 3 heteroatoms. The summed E-state index contributed by atoms with van der Waals surface area (Å²) < 4.78 is 5.17. The van der Waals surface area contributed by atoms with Crippen molar-refractivity contribution in [2.75, 3.05) is 11.9 Å². The summed E-state index contributed by atoms with van der Waals surface area (Å²) in [5.74, 6) is 0.195. The van der Waals surface area contributed by atoms with Crippen LogP contribution in [0.2, 0.25) is 0 Å². The van der Waals surface area contributed by atoms with Crippen LogP contribution in [0, 0.1) is 0 Å². The number of rotatable bonds is 5. The maximum absolute atomic E-state index is 10.7. The number of Topliss-reactive ketones (excluding diaryl/α,β-unsaturated/α-hetero) is 1. The van der Waals surface area contributed by atoms with Gasteiger partial charge in [0.25, 0.3) is 0 Å². The molecular weight excluding hydrogens is 196 g/mol. The fourth-order valence-corrected chi connectivity index (χ4v) is 0.756. The average molecular weight is 209 g/mol. The van der Waals surface area contributed by atoms with Gasteiger partial charge in [-0.1, -0.05) is 15.9 Å². The average Bonchev–Trinajstić information content (AvgIpc) is 1.87. The van der Waals surface area contributed by atoms with E-state index in [9.17, 15) is 4.79 Å². The fraction of sp³-hybridized carbons (Fsp3) is 0.857. The van der Waals surface area contributed by atoms with Gasteiger partial charge in [0.15, 0.2) is 0 Å². The lowest BCUT2D eigenvalue weighted by Gasteiger charge is -2.04. The highest BCUT2D eigenvalue weighted by Gasteiger charge is 1.99. The number of ether oxygens (including phenoxy) is 1. The lowest BCUT2D eigenvalue weighted by Crippen LogP contribution is -2.09. The molecule has 0 unspecified atom stereocenters. The van der Waals surface area contributed by atoms with Crippen molar-refractivity contribution in [3.05, 3.63) is 0 Å². The molecule has 60 valence electrons. The highest BCUT2D eigenvalue weighted by molar-refractivity contribution is 9.09. The third kappa shape index (κ3) is 6.23. The fourth-order valence-electron chi connectivity index (χ4n) is 0.475. The molecule has 0 saturated heterocycles. The summed E-state index contributed by atoms with van der Waals surface area (Å²) in [6.45, 7) is 4.46. The van der Waals surface area contributed by atoms with Gasteiger partial charge in [0.1, 0.15) is 5.78 Å². The van der Waals surface area contributed by atoms with Crippen molar-refractivity contribution in [2.45, 2.75) is 26.4 Å². The van der Waals surface area contributed by atoms with E-state index in [1.165, 1.54) is 0 Å². The first-order chi connectivity index (χ1) is 4.66. The summed E-state index contributed by atoms with van der Waals surface area (Å²) in [7, 11) is 0. The van der Waals surface area contributed by atoms with Gasteiger partial charge in [-0.05, 0) is 13.8 Å². The molecule has 0 amide bonds. The summed E-state index contributed by atoms with van der Waals surface area (Å²) in [6, 6.07) is 0. The number of ketones is 1. The third-order valence-corrected chi connectivity index (χ3v) is 1.61. The zero-order valence-corrected chi connectivity index (χ0v) is 7.98. The number of hydrogen-bond donors (Lipinski definition) is 0. The van der Waals surface area contributed by atoms with Crippen molar-refractivity contribution >= 4 is 21.7 Å². The second-order valence-electron chi connectivity index (χ2n) is 2.34. The molecule has 0 rings (SSSR count). The minimum atomic E-state index is 0.195.